The molecule has 6 nitrogen and oxygen atoms in total. The van der Waals surface area contributed by atoms with Crippen molar-refractivity contribution in [1.82, 2.24) is 9.55 Å². The third kappa shape index (κ3) is 2.92. The standard InChI is InChI=1S/C11H11BrClN3O3S/c1-16-6-14-11(10(16)13)20(17,18)15-7-3-4-9(19-2)8(12)5-7/h3-6,15H,1-2H3. The molecule has 0 aliphatic carbocycles. The fourth-order valence-electron chi connectivity index (χ4n) is 1.51. The number of hydrogen-bond donors (Lipinski definition) is 1. The first kappa shape index (κ1) is 15.1. The Morgan fingerprint density at radius 2 is 2.15 bits per heavy atom. The number of halogens is 2. The Morgan fingerprint density at radius 3 is 2.65 bits per heavy atom. The molecule has 0 atom stereocenters. The van der Waals surface area contributed by atoms with Crippen LogP contribution in [0, 0.1) is 0 Å². The van der Waals surface area contributed by atoms with E-state index in [0.717, 1.165) is 0 Å². The molecule has 2 rings (SSSR count). The average molecular weight is 381 g/mol. The van der Waals surface area contributed by atoms with E-state index in [0.29, 0.717) is 15.9 Å². The van der Waals surface area contributed by atoms with Gasteiger partial charge in [-0.3, -0.25) is 4.72 Å². The highest BCUT2D eigenvalue weighted by molar-refractivity contribution is 9.10. The Bertz CT molecular complexity index is 745. The zero-order valence-electron chi connectivity index (χ0n) is 10.6. The van der Waals surface area contributed by atoms with Crippen LogP contribution in [0.3, 0.4) is 0 Å². The molecule has 0 saturated carbocycles. The van der Waals surface area contributed by atoms with Crippen LogP contribution in [0.25, 0.3) is 0 Å². The van der Waals surface area contributed by atoms with Crippen LogP contribution in [0.4, 0.5) is 5.69 Å². The number of imidazole rings is 1. The van der Waals surface area contributed by atoms with E-state index >= 15 is 0 Å². The number of aromatic nitrogens is 2. The number of nitrogens with one attached hydrogen (secondary N) is 1. The first-order valence-electron chi connectivity index (χ1n) is 5.38. The highest BCUT2D eigenvalue weighted by atomic mass is 79.9. The summed E-state index contributed by atoms with van der Waals surface area (Å²) in [6.07, 6.45) is 1.33. The van der Waals surface area contributed by atoms with Gasteiger partial charge in [0, 0.05) is 7.05 Å². The molecule has 1 N–H and O–H groups in total. The summed E-state index contributed by atoms with van der Waals surface area (Å²) in [4.78, 5) is 3.78. The molecule has 1 aromatic heterocycles. The van der Waals surface area contributed by atoms with Crippen molar-refractivity contribution < 1.29 is 13.2 Å². The minimum absolute atomic E-state index is 0.0464. The summed E-state index contributed by atoms with van der Waals surface area (Å²) >= 11 is 9.17. The number of sulfonamides is 1. The van der Waals surface area contributed by atoms with E-state index in [-0.39, 0.29) is 10.2 Å². The van der Waals surface area contributed by atoms with Crippen LogP contribution in [0.2, 0.25) is 5.15 Å². The Labute approximate surface area is 129 Å². The van der Waals surface area contributed by atoms with E-state index in [9.17, 15) is 8.42 Å². The molecule has 0 fully saturated rings. The van der Waals surface area contributed by atoms with Gasteiger partial charge in [-0.25, -0.2) is 4.98 Å². The first-order chi connectivity index (χ1) is 9.35. The van der Waals surface area contributed by atoms with Crippen molar-refractivity contribution in [2.75, 3.05) is 11.8 Å². The highest BCUT2D eigenvalue weighted by Gasteiger charge is 2.22. The minimum atomic E-state index is -3.84. The molecule has 0 unspecified atom stereocenters. The molecule has 20 heavy (non-hydrogen) atoms. The van der Waals surface area contributed by atoms with Crippen molar-refractivity contribution in [2.45, 2.75) is 5.03 Å². The van der Waals surface area contributed by atoms with Gasteiger partial charge >= 0.3 is 0 Å². The number of anilines is 1. The van der Waals surface area contributed by atoms with Gasteiger partial charge in [-0.2, -0.15) is 8.42 Å². The molecule has 2 aromatic rings. The SMILES string of the molecule is COc1ccc(NS(=O)(=O)c2ncn(C)c2Cl)cc1Br. The molecule has 1 aromatic carbocycles. The predicted molar refractivity (Wildman–Crippen MR) is 79.7 cm³/mol. The lowest BCUT2D eigenvalue weighted by Gasteiger charge is -2.09. The van der Waals surface area contributed by atoms with Gasteiger partial charge in [0.15, 0.2) is 0 Å². The van der Waals surface area contributed by atoms with E-state index in [1.165, 1.54) is 18.0 Å². The molecule has 0 bridgehead atoms. The van der Waals surface area contributed by atoms with Gasteiger partial charge in [0.1, 0.15) is 10.9 Å². The summed E-state index contributed by atoms with van der Waals surface area (Å²) in [5, 5.41) is -0.168. The molecule has 1 heterocycles. The van der Waals surface area contributed by atoms with E-state index in [1.807, 2.05) is 0 Å². The number of hydrogen-bond acceptors (Lipinski definition) is 4. The van der Waals surface area contributed by atoms with Gasteiger partial charge in [0.2, 0.25) is 5.03 Å². The number of nitrogens with zero attached hydrogens (tertiary/aromatic N) is 2. The fourth-order valence-corrected chi connectivity index (χ4v) is 3.53. The maximum atomic E-state index is 12.2. The summed E-state index contributed by atoms with van der Waals surface area (Å²) in [5.41, 5.74) is 0.374. The van der Waals surface area contributed by atoms with Crippen LogP contribution in [0.15, 0.2) is 34.0 Å². The minimum Gasteiger partial charge on any atom is -0.496 e. The molecule has 9 heteroatoms. The van der Waals surface area contributed by atoms with Crippen molar-refractivity contribution >= 4 is 43.2 Å². The van der Waals surface area contributed by atoms with Crippen molar-refractivity contribution in [1.29, 1.82) is 0 Å². The van der Waals surface area contributed by atoms with Gasteiger partial charge in [-0.15, -0.1) is 0 Å². The smallest absolute Gasteiger partial charge is 0.282 e. The monoisotopic (exact) mass is 379 g/mol. The second kappa shape index (κ2) is 5.63. The van der Waals surface area contributed by atoms with E-state index < -0.39 is 10.0 Å². The average Bonchev–Trinajstić information content (AvgIpc) is 2.70. The quantitative estimate of drug-likeness (QED) is 0.885. The van der Waals surface area contributed by atoms with E-state index in [4.69, 9.17) is 16.3 Å². The number of ether oxygens (including phenoxy) is 1. The lowest BCUT2D eigenvalue weighted by atomic mass is 10.3. The maximum Gasteiger partial charge on any atom is 0.282 e. The largest absolute Gasteiger partial charge is 0.496 e. The summed E-state index contributed by atoms with van der Waals surface area (Å²) in [7, 11) is -0.700. The van der Waals surface area contributed by atoms with Crippen molar-refractivity contribution in [3.8, 4) is 5.75 Å². The van der Waals surface area contributed by atoms with Crippen LogP contribution >= 0.6 is 27.5 Å². The Hall–Kier alpha value is -1.25. The molecule has 0 amide bonds. The van der Waals surface area contributed by atoms with E-state index in [1.54, 1.807) is 25.2 Å². The Morgan fingerprint density at radius 1 is 1.45 bits per heavy atom. The van der Waals surface area contributed by atoms with Gasteiger partial charge in [-0.05, 0) is 34.1 Å². The van der Waals surface area contributed by atoms with Crippen LogP contribution in [0.1, 0.15) is 0 Å². The molecule has 0 spiro atoms. The van der Waals surface area contributed by atoms with Crippen LogP contribution in [-0.2, 0) is 17.1 Å². The van der Waals surface area contributed by atoms with Gasteiger partial charge < -0.3 is 9.30 Å². The first-order valence-corrected chi connectivity index (χ1v) is 8.03. The van der Waals surface area contributed by atoms with Gasteiger partial charge in [0.25, 0.3) is 10.0 Å². The molecular formula is C11H11BrClN3O3S. The lowest BCUT2D eigenvalue weighted by Crippen LogP contribution is -2.14. The zero-order valence-corrected chi connectivity index (χ0v) is 13.8. The summed E-state index contributed by atoms with van der Waals surface area (Å²) in [6, 6.07) is 4.81. The lowest BCUT2D eigenvalue weighted by molar-refractivity contribution is 0.412. The maximum absolute atomic E-state index is 12.2. The molecule has 0 aliphatic rings. The van der Waals surface area contributed by atoms with Crippen LogP contribution in [0.5, 0.6) is 5.75 Å². The summed E-state index contributed by atoms with van der Waals surface area (Å²) in [6.45, 7) is 0. The fraction of sp³-hybridized carbons (Fsp3) is 0.182. The molecule has 0 saturated heterocycles. The summed E-state index contributed by atoms with van der Waals surface area (Å²) < 4.78 is 33.9. The number of benzene rings is 1. The van der Waals surface area contributed by atoms with Gasteiger partial charge in [0.05, 0.1) is 23.6 Å². The van der Waals surface area contributed by atoms with Crippen molar-refractivity contribution in [3.63, 3.8) is 0 Å². The second-order valence-corrected chi connectivity index (χ2v) is 6.72. The predicted octanol–water partition coefficient (Wildman–Crippen LogP) is 2.65. The number of methoxy groups -OCH3 is 1. The second-order valence-electron chi connectivity index (χ2n) is 3.91. The topological polar surface area (TPSA) is 73.2 Å². The van der Waals surface area contributed by atoms with E-state index in [2.05, 4.69) is 25.6 Å². The molecule has 0 aliphatic heterocycles. The Balaban J connectivity index is 2.33. The third-order valence-corrected chi connectivity index (χ3v) is 4.98. The normalized spacial score (nSPS) is 11.4. The molecular weight excluding hydrogens is 370 g/mol. The summed E-state index contributed by atoms with van der Waals surface area (Å²) in [5.74, 6) is 0.601. The van der Waals surface area contributed by atoms with Crippen LogP contribution < -0.4 is 9.46 Å². The van der Waals surface area contributed by atoms with Crippen LogP contribution in [-0.4, -0.2) is 25.1 Å². The number of aryl methyl sites for hydroxylation is 1. The zero-order chi connectivity index (χ0) is 14.9. The highest BCUT2D eigenvalue weighted by Crippen LogP contribution is 2.29. The molecule has 108 valence electrons. The van der Waals surface area contributed by atoms with Crippen molar-refractivity contribution in [3.05, 3.63) is 34.2 Å². The van der Waals surface area contributed by atoms with Gasteiger partial charge in [-0.1, -0.05) is 11.6 Å². The Kier molecular flexibility index (Phi) is 4.26. The van der Waals surface area contributed by atoms with Crippen molar-refractivity contribution in [2.24, 2.45) is 7.05 Å². The third-order valence-electron chi connectivity index (χ3n) is 2.49. The number of rotatable bonds is 4. The molecule has 0 radical (unpaired) electrons.